The summed E-state index contributed by atoms with van der Waals surface area (Å²) in [6, 6.07) is 7.59. The van der Waals surface area contributed by atoms with Crippen molar-refractivity contribution in [2.45, 2.75) is 52.7 Å². The molecular weight excluding hydrogens is 360 g/mol. The molecule has 3 rings (SSSR count). The van der Waals surface area contributed by atoms with E-state index in [0.29, 0.717) is 12.4 Å². The Morgan fingerprint density at radius 2 is 1.96 bits per heavy atom. The molecule has 1 aliphatic rings. The lowest BCUT2D eigenvalue weighted by Crippen LogP contribution is -2.39. The number of aromatic nitrogens is 1. The number of aryl methyl sites for hydroxylation is 2. The normalized spacial score (nSPS) is 14.5. The first-order valence-corrected chi connectivity index (χ1v) is 9.51. The molecule has 7 heteroatoms. The van der Waals surface area contributed by atoms with E-state index in [2.05, 4.69) is 5.16 Å². The summed E-state index contributed by atoms with van der Waals surface area (Å²) in [5.41, 5.74) is 2.63. The minimum absolute atomic E-state index is 0.0278. The van der Waals surface area contributed by atoms with Gasteiger partial charge in [0, 0.05) is 12.6 Å². The van der Waals surface area contributed by atoms with E-state index in [1.54, 1.807) is 11.8 Å². The monoisotopic (exact) mass is 386 g/mol. The highest BCUT2D eigenvalue weighted by Gasteiger charge is 2.34. The second kappa shape index (κ2) is 8.46. The number of amides is 1. The molecule has 1 aliphatic carbocycles. The molecule has 1 saturated carbocycles. The molecule has 0 radical (unpaired) electrons. The molecule has 1 N–H and O–H groups in total. The SMILES string of the molecule is Cc1noc(C)c1COc1ccc(CC(=O)N(CC(C)C(=O)O)C2CC2)cc1. The molecule has 1 heterocycles. The maximum atomic E-state index is 12.7. The number of nitrogens with zero attached hydrogens (tertiary/aromatic N) is 2. The number of rotatable bonds is 9. The molecule has 0 spiro atoms. The summed E-state index contributed by atoms with van der Waals surface area (Å²) >= 11 is 0. The second-order valence-corrected chi connectivity index (χ2v) is 7.43. The van der Waals surface area contributed by atoms with Gasteiger partial charge in [0.1, 0.15) is 18.1 Å². The summed E-state index contributed by atoms with van der Waals surface area (Å²) in [4.78, 5) is 25.5. The summed E-state index contributed by atoms with van der Waals surface area (Å²) in [6.07, 6.45) is 2.16. The van der Waals surface area contributed by atoms with Crippen molar-refractivity contribution in [2.24, 2.45) is 5.92 Å². The van der Waals surface area contributed by atoms with E-state index in [1.807, 2.05) is 38.1 Å². The number of benzene rings is 1. The number of carbonyl (C=O) groups excluding carboxylic acids is 1. The van der Waals surface area contributed by atoms with Crippen LogP contribution in [-0.4, -0.2) is 39.6 Å². The molecule has 150 valence electrons. The lowest BCUT2D eigenvalue weighted by atomic mass is 10.1. The highest BCUT2D eigenvalue weighted by molar-refractivity contribution is 5.80. The Morgan fingerprint density at radius 3 is 2.50 bits per heavy atom. The molecule has 1 aromatic heterocycles. The molecule has 0 aliphatic heterocycles. The fraction of sp³-hybridized carbons (Fsp3) is 0.476. The zero-order valence-electron chi connectivity index (χ0n) is 16.5. The van der Waals surface area contributed by atoms with Gasteiger partial charge in [0.2, 0.25) is 5.91 Å². The summed E-state index contributed by atoms with van der Waals surface area (Å²) < 4.78 is 10.9. The molecular formula is C21H26N2O5. The Morgan fingerprint density at radius 1 is 1.29 bits per heavy atom. The lowest BCUT2D eigenvalue weighted by molar-refractivity contribution is -0.143. The minimum atomic E-state index is -0.877. The van der Waals surface area contributed by atoms with E-state index in [9.17, 15) is 9.59 Å². The third-order valence-corrected chi connectivity index (χ3v) is 5.04. The third-order valence-electron chi connectivity index (χ3n) is 5.04. The van der Waals surface area contributed by atoms with Gasteiger partial charge in [-0.15, -0.1) is 0 Å². The first kappa shape index (κ1) is 19.9. The number of ether oxygens (including phenoxy) is 1. The summed E-state index contributed by atoms with van der Waals surface area (Å²) in [5, 5.41) is 13.0. The Labute approximate surface area is 164 Å². The van der Waals surface area contributed by atoms with Crippen molar-refractivity contribution in [2.75, 3.05) is 6.54 Å². The smallest absolute Gasteiger partial charge is 0.308 e. The zero-order valence-corrected chi connectivity index (χ0v) is 16.5. The van der Waals surface area contributed by atoms with Crippen LogP contribution in [0.25, 0.3) is 0 Å². The van der Waals surface area contributed by atoms with Crippen LogP contribution in [0.4, 0.5) is 0 Å². The maximum absolute atomic E-state index is 12.7. The Balaban J connectivity index is 1.57. The molecule has 2 aromatic rings. The van der Waals surface area contributed by atoms with Gasteiger partial charge in [-0.25, -0.2) is 0 Å². The number of carbonyl (C=O) groups is 2. The van der Waals surface area contributed by atoms with Gasteiger partial charge in [0.15, 0.2) is 0 Å². The fourth-order valence-electron chi connectivity index (χ4n) is 3.06. The highest BCUT2D eigenvalue weighted by atomic mass is 16.5. The number of hydrogen-bond acceptors (Lipinski definition) is 5. The van der Waals surface area contributed by atoms with Crippen molar-refractivity contribution in [1.29, 1.82) is 0 Å². The van der Waals surface area contributed by atoms with Gasteiger partial charge in [0.25, 0.3) is 0 Å². The van der Waals surface area contributed by atoms with E-state index in [0.717, 1.165) is 35.4 Å². The van der Waals surface area contributed by atoms with Gasteiger partial charge in [0.05, 0.1) is 23.6 Å². The van der Waals surface area contributed by atoms with Crippen molar-refractivity contribution in [3.63, 3.8) is 0 Å². The zero-order chi connectivity index (χ0) is 20.3. The van der Waals surface area contributed by atoms with Crippen LogP contribution in [0, 0.1) is 19.8 Å². The number of carboxylic acids is 1. The summed E-state index contributed by atoms with van der Waals surface area (Å²) in [6.45, 7) is 6.00. The van der Waals surface area contributed by atoms with Crippen LogP contribution in [0.1, 0.15) is 42.3 Å². The third kappa shape index (κ3) is 4.91. The Kier molecular flexibility index (Phi) is 6.02. The van der Waals surface area contributed by atoms with E-state index in [4.69, 9.17) is 14.4 Å². The maximum Gasteiger partial charge on any atom is 0.308 e. The topological polar surface area (TPSA) is 92.9 Å². The van der Waals surface area contributed by atoms with Crippen LogP contribution in [0.2, 0.25) is 0 Å². The van der Waals surface area contributed by atoms with Crippen molar-refractivity contribution in [3.05, 3.63) is 46.8 Å². The largest absolute Gasteiger partial charge is 0.489 e. The van der Waals surface area contributed by atoms with Crippen LogP contribution in [0.5, 0.6) is 5.75 Å². The van der Waals surface area contributed by atoms with Crippen LogP contribution in [0.15, 0.2) is 28.8 Å². The molecule has 1 atom stereocenters. The van der Waals surface area contributed by atoms with Gasteiger partial charge in [-0.05, 0) is 44.4 Å². The van der Waals surface area contributed by atoms with Gasteiger partial charge in [-0.2, -0.15) is 0 Å². The van der Waals surface area contributed by atoms with Crippen molar-refractivity contribution < 1.29 is 24.0 Å². The van der Waals surface area contributed by atoms with Crippen LogP contribution in [0.3, 0.4) is 0 Å². The van der Waals surface area contributed by atoms with E-state index in [-0.39, 0.29) is 24.9 Å². The van der Waals surface area contributed by atoms with Crippen molar-refractivity contribution in [3.8, 4) is 5.75 Å². The number of hydrogen-bond donors (Lipinski definition) is 1. The summed E-state index contributed by atoms with van der Waals surface area (Å²) in [7, 11) is 0. The lowest BCUT2D eigenvalue weighted by Gasteiger charge is -2.24. The van der Waals surface area contributed by atoms with E-state index < -0.39 is 11.9 Å². The van der Waals surface area contributed by atoms with Crippen molar-refractivity contribution in [1.82, 2.24) is 10.1 Å². The second-order valence-electron chi connectivity index (χ2n) is 7.43. The predicted molar refractivity (Wildman–Crippen MR) is 102 cm³/mol. The number of aliphatic carboxylic acids is 1. The predicted octanol–water partition coefficient (Wildman–Crippen LogP) is 3.12. The molecule has 28 heavy (non-hydrogen) atoms. The molecule has 1 unspecified atom stereocenters. The average molecular weight is 386 g/mol. The molecule has 1 aromatic carbocycles. The Bertz CT molecular complexity index is 819. The van der Waals surface area contributed by atoms with E-state index in [1.165, 1.54) is 0 Å². The van der Waals surface area contributed by atoms with Crippen LogP contribution in [-0.2, 0) is 22.6 Å². The first-order valence-electron chi connectivity index (χ1n) is 9.51. The first-order chi connectivity index (χ1) is 13.3. The minimum Gasteiger partial charge on any atom is -0.489 e. The summed E-state index contributed by atoms with van der Waals surface area (Å²) in [5.74, 6) is -0.0203. The van der Waals surface area contributed by atoms with Crippen molar-refractivity contribution >= 4 is 11.9 Å². The standard InChI is InChI=1S/C21H26N2O5/c1-13(21(25)26)11-23(17-6-7-17)20(24)10-16-4-8-18(9-5-16)27-12-19-14(2)22-28-15(19)3/h4-5,8-9,13,17H,6-7,10-12H2,1-3H3,(H,25,26). The van der Waals surface area contributed by atoms with Gasteiger partial charge < -0.3 is 19.3 Å². The van der Waals surface area contributed by atoms with Gasteiger partial charge in [-0.1, -0.05) is 24.2 Å². The quantitative estimate of drug-likeness (QED) is 0.712. The number of carboxylic acid groups (broad SMARTS) is 1. The fourth-order valence-corrected chi connectivity index (χ4v) is 3.06. The molecule has 0 bridgehead atoms. The Hall–Kier alpha value is -2.83. The molecule has 7 nitrogen and oxygen atoms in total. The molecule has 1 fully saturated rings. The van der Waals surface area contributed by atoms with Gasteiger partial charge >= 0.3 is 5.97 Å². The molecule has 0 saturated heterocycles. The highest BCUT2D eigenvalue weighted by Crippen LogP contribution is 2.28. The average Bonchev–Trinajstić information content (AvgIpc) is 3.45. The van der Waals surface area contributed by atoms with Crippen LogP contribution >= 0.6 is 0 Å². The van der Waals surface area contributed by atoms with Crippen LogP contribution < -0.4 is 4.74 Å². The van der Waals surface area contributed by atoms with Gasteiger partial charge in [-0.3, -0.25) is 9.59 Å². The van der Waals surface area contributed by atoms with E-state index >= 15 is 0 Å². The molecule has 1 amide bonds.